The Labute approximate surface area is 129 Å². The maximum Gasteiger partial charge on any atom is 0.323 e. The number of rotatable bonds is 11. The molecule has 134 valence electrons. The largest absolute Gasteiger partial charge is 0.396 e. The third-order valence-corrected chi connectivity index (χ3v) is 3.83. The van der Waals surface area contributed by atoms with E-state index in [0.717, 1.165) is 6.42 Å². The Morgan fingerprint density at radius 3 is 1.33 bits per heavy atom. The second-order valence-electron chi connectivity index (χ2n) is 4.19. The molecule has 0 bridgehead atoms. The van der Waals surface area contributed by atoms with Crippen LogP contribution in [0.4, 0.5) is 0 Å². The van der Waals surface area contributed by atoms with Crippen LogP contribution in [0.5, 0.6) is 0 Å². The fourth-order valence-electron chi connectivity index (χ4n) is 1.50. The normalized spacial score (nSPS) is 12.2. The van der Waals surface area contributed by atoms with Crippen molar-refractivity contribution in [2.75, 3.05) is 6.61 Å². The highest BCUT2D eigenvalue weighted by molar-refractivity contribution is 7.46. The van der Waals surface area contributed by atoms with Gasteiger partial charge in [0.15, 0.2) is 0 Å². The zero-order valence-corrected chi connectivity index (χ0v) is 15.1. The zero-order valence-electron chi connectivity index (χ0n) is 13.1. The molecule has 0 aliphatic heterocycles. The van der Waals surface area contributed by atoms with Gasteiger partial charge in [-0.15, -0.1) is 0 Å². The van der Waals surface area contributed by atoms with Crippen LogP contribution in [0, 0.1) is 0 Å². The number of unbranched alkanes of at least 4 members (excludes halogenated alkanes) is 8. The highest BCUT2D eigenvalue weighted by Gasteiger charge is 1.93. The lowest BCUT2D eigenvalue weighted by atomic mass is 10.1. The Morgan fingerprint density at radius 1 is 0.762 bits per heavy atom. The predicted molar refractivity (Wildman–Crippen MR) is 87.9 cm³/mol. The summed E-state index contributed by atoms with van der Waals surface area (Å²) in [6.45, 7) is 2.62. The van der Waals surface area contributed by atoms with Gasteiger partial charge in [0.1, 0.15) is 0 Å². The van der Waals surface area contributed by atoms with Gasteiger partial charge in [0.25, 0.3) is 0 Å². The molecule has 0 saturated heterocycles. The van der Waals surface area contributed by atoms with Gasteiger partial charge in [0.2, 0.25) is 0 Å². The Morgan fingerprint density at radius 2 is 1.10 bits per heavy atom. The van der Waals surface area contributed by atoms with E-state index in [0.29, 0.717) is 6.61 Å². The van der Waals surface area contributed by atoms with Gasteiger partial charge < -0.3 is 27.2 Å². The van der Waals surface area contributed by atoms with E-state index < -0.39 is 16.5 Å². The van der Waals surface area contributed by atoms with Crippen molar-refractivity contribution in [3.05, 3.63) is 0 Å². The minimum atomic E-state index is -3.20. The first-order valence-corrected chi connectivity index (χ1v) is 9.31. The first-order chi connectivity index (χ1) is 9.04. The fourth-order valence-corrected chi connectivity index (χ4v) is 2.09. The minimum Gasteiger partial charge on any atom is -0.396 e. The van der Waals surface area contributed by atoms with Gasteiger partial charge >= 0.3 is 16.5 Å². The highest BCUT2D eigenvalue weighted by atomic mass is 31.2. The summed E-state index contributed by atoms with van der Waals surface area (Å²) in [6.07, 6.45) is 11.8. The summed E-state index contributed by atoms with van der Waals surface area (Å²) in [6, 6.07) is 0. The van der Waals surface area contributed by atoms with E-state index in [1.54, 1.807) is 0 Å². The van der Waals surface area contributed by atoms with E-state index in [-0.39, 0.29) is 12.3 Å². The number of hydrogen-bond donors (Lipinski definition) is 5. The zero-order chi connectivity index (χ0) is 14.9. The molecule has 0 aromatic heterocycles. The molecule has 0 saturated carbocycles. The molecule has 2 atom stereocenters. The van der Waals surface area contributed by atoms with Gasteiger partial charge in [-0.3, -0.25) is 9.13 Å². The maximum atomic E-state index is 9.44. The first-order valence-electron chi connectivity index (χ1n) is 6.79. The summed E-state index contributed by atoms with van der Waals surface area (Å²) in [5.41, 5.74) is 0. The van der Waals surface area contributed by atoms with Crippen molar-refractivity contribution in [2.45, 2.75) is 64.7 Å². The highest BCUT2D eigenvalue weighted by Crippen LogP contribution is 2.30. The van der Waals surface area contributed by atoms with Crippen molar-refractivity contribution in [1.82, 2.24) is 12.3 Å². The smallest absolute Gasteiger partial charge is 0.323 e. The molecule has 10 heteroatoms. The molecule has 0 heterocycles. The average Bonchev–Trinajstić information content (AvgIpc) is 2.32. The second-order valence-corrected chi connectivity index (χ2v) is 6.07. The van der Waals surface area contributed by atoms with E-state index in [1.807, 2.05) is 0 Å². The van der Waals surface area contributed by atoms with Gasteiger partial charge in [-0.2, -0.15) is 0 Å². The summed E-state index contributed by atoms with van der Waals surface area (Å²) in [7, 11) is -6.40. The Bertz CT molecular complexity index is 213. The summed E-state index contributed by atoms with van der Waals surface area (Å²) < 4.78 is 22.3. The van der Waals surface area contributed by atoms with Crippen LogP contribution in [0.1, 0.15) is 64.7 Å². The monoisotopic (exact) mass is 352 g/mol. The molecule has 0 aromatic carbocycles. The summed E-state index contributed by atoms with van der Waals surface area (Å²) in [4.78, 5) is 15.4. The lowest BCUT2D eigenvalue weighted by Gasteiger charge is -1.99. The van der Waals surface area contributed by atoms with Gasteiger partial charge in [-0.1, -0.05) is 58.3 Å². The fraction of sp³-hybridized carbons (Fsp3) is 1.00. The molecule has 0 radical (unpaired) electrons. The van der Waals surface area contributed by atoms with Crippen molar-refractivity contribution in [3.63, 3.8) is 0 Å². The van der Waals surface area contributed by atoms with E-state index in [1.165, 1.54) is 51.4 Å². The van der Waals surface area contributed by atoms with Crippen LogP contribution >= 0.6 is 16.5 Å². The van der Waals surface area contributed by atoms with E-state index >= 15 is 0 Å². The predicted octanol–water partition coefficient (Wildman–Crippen LogP) is 3.60. The van der Waals surface area contributed by atoms with Crippen LogP contribution in [0.15, 0.2) is 0 Å². The Balaban J connectivity index is -0.000000140. The molecule has 0 aromatic rings. The molecular formula is C11H34N2O6P2. The number of aliphatic hydroxyl groups is 1. The molecule has 9 N–H and O–H groups in total. The second kappa shape index (κ2) is 25.2. The van der Waals surface area contributed by atoms with Crippen LogP contribution in [-0.2, 0) is 13.4 Å². The Hall–Kier alpha value is 0.220. The van der Waals surface area contributed by atoms with E-state index in [9.17, 15) is 9.13 Å². The third kappa shape index (κ3) is 38.4. The molecule has 0 amide bonds. The quantitative estimate of drug-likeness (QED) is 0.277. The molecular weight excluding hydrogens is 318 g/mol. The van der Waals surface area contributed by atoms with Gasteiger partial charge in [-0.25, -0.2) is 4.31 Å². The molecule has 0 rings (SSSR count). The molecule has 0 spiro atoms. The summed E-state index contributed by atoms with van der Waals surface area (Å²) in [5.74, 6) is 0. The van der Waals surface area contributed by atoms with Crippen LogP contribution in [0.25, 0.3) is 0 Å². The van der Waals surface area contributed by atoms with E-state index in [4.69, 9.17) is 14.9 Å². The Kier molecular flexibility index (Phi) is 35.1. The number of hydrogen-bond acceptors (Lipinski definition) is 6. The average molecular weight is 352 g/mol. The van der Waals surface area contributed by atoms with Crippen molar-refractivity contribution in [2.24, 2.45) is 0 Å². The molecule has 0 aliphatic carbocycles. The third-order valence-electron chi connectivity index (χ3n) is 2.44. The molecule has 0 aliphatic rings. The molecule has 2 unspecified atom stereocenters. The maximum absolute atomic E-state index is 9.44. The van der Waals surface area contributed by atoms with Crippen molar-refractivity contribution >= 4 is 16.5 Å². The summed E-state index contributed by atoms with van der Waals surface area (Å²) in [5, 5.41) is 8.54. The van der Waals surface area contributed by atoms with Gasteiger partial charge in [0, 0.05) is 6.61 Å². The van der Waals surface area contributed by atoms with Crippen molar-refractivity contribution < 1.29 is 28.3 Å². The SMILES string of the molecule is CCCCCCCCCCCO.N.N.O=[PH](O)O[PH](=O)O. The van der Waals surface area contributed by atoms with Crippen LogP contribution < -0.4 is 12.3 Å². The van der Waals surface area contributed by atoms with Crippen molar-refractivity contribution in [1.29, 1.82) is 0 Å². The van der Waals surface area contributed by atoms with Crippen molar-refractivity contribution in [3.8, 4) is 0 Å². The van der Waals surface area contributed by atoms with Crippen LogP contribution in [0.3, 0.4) is 0 Å². The van der Waals surface area contributed by atoms with Gasteiger partial charge in [-0.05, 0) is 6.42 Å². The molecule has 8 nitrogen and oxygen atoms in total. The molecule has 21 heavy (non-hydrogen) atoms. The standard InChI is InChI=1S/C11H24O.2H3N.H4O5P2/c1-2-3-4-5-6-7-8-9-10-11-12;;;1-6(2)5-7(3)4/h12H,2-11H2,1H3;2*1H3;6-7H,(H,1,2)(H,3,4). The lowest BCUT2D eigenvalue weighted by Crippen LogP contribution is -1.84. The molecule has 0 fully saturated rings. The minimum absolute atomic E-state index is 0. The van der Waals surface area contributed by atoms with Crippen LogP contribution in [0.2, 0.25) is 0 Å². The van der Waals surface area contributed by atoms with Gasteiger partial charge in [0.05, 0.1) is 0 Å². The van der Waals surface area contributed by atoms with E-state index in [2.05, 4.69) is 11.2 Å². The summed E-state index contributed by atoms with van der Waals surface area (Å²) >= 11 is 0. The first kappa shape index (κ1) is 29.3. The van der Waals surface area contributed by atoms with Crippen LogP contribution in [-0.4, -0.2) is 21.5 Å². The lowest BCUT2D eigenvalue weighted by molar-refractivity contribution is 0.282. The number of aliphatic hydroxyl groups excluding tert-OH is 1. The topological polar surface area (TPSA) is 174 Å².